The van der Waals surface area contributed by atoms with Gasteiger partial charge < -0.3 is 4.74 Å². The molecule has 7 heteroatoms. The molecule has 1 aromatic heterocycles. The second kappa shape index (κ2) is 7.49. The molecule has 2 rings (SSSR count). The Kier molecular flexibility index (Phi) is 5.62. The second-order valence-electron chi connectivity index (χ2n) is 6.31. The van der Waals surface area contributed by atoms with E-state index < -0.39 is 11.7 Å². The zero-order chi connectivity index (χ0) is 17.7. The molecule has 0 aliphatic heterocycles. The summed E-state index contributed by atoms with van der Waals surface area (Å²) in [5.41, 5.74) is 4.22. The highest BCUT2D eigenvalue weighted by molar-refractivity contribution is 6.32. The molecule has 24 heavy (non-hydrogen) atoms. The van der Waals surface area contributed by atoms with E-state index in [1.165, 1.54) is 6.21 Å². The summed E-state index contributed by atoms with van der Waals surface area (Å²) in [6, 6.07) is 9.90. The predicted octanol–water partition coefficient (Wildman–Crippen LogP) is 3.75. The number of benzene rings is 1. The summed E-state index contributed by atoms with van der Waals surface area (Å²) in [7, 11) is 0. The maximum atomic E-state index is 11.6. The fourth-order valence-electron chi connectivity index (χ4n) is 2.03. The van der Waals surface area contributed by atoms with Gasteiger partial charge in [0.1, 0.15) is 10.8 Å². The van der Waals surface area contributed by atoms with Gasteiger partial charge in [0.25, 0.3) is 0 Å². The van der Waals surface area contributed by atoms with Crippen molar-refractivity contribution in [3.05, 3.63) is 52.3 Å². The van der Waals surface area contributed by atoms with Gasteiger partial charge in [-0.25, -0.2) is 14.9 Å². The summed E-state index contributed by atoms with van der Waals surface area (Å²) in [5, 5.41) is 8.76. The number of rotatable bonds is 4. The molecule has 0 saturated carbocycles. The van der Waals surface area contributed by atoms with Crippen molar-refractivity contribution in [2.45, 2.75) is 39.8 Å². The number of aromatic nitrogens is 2. The minimum absolute atomic E-state index is 0.464. The van der Waals surface area contributed by atoms with E-state index in [2.05, 4.69) is 15.6 Å². The van der Waals surface area contributed by atoms with Crippen LogP contribution in [0.4, 0.5) is 4.79 Å². The summed E-state index contributed by atoms with van der Waals surface area (Å²) >= 11 is 6.37. The number of ether oxygens (including phenoxy) is 1. The summed E-state index contributed by atoms with van der Waals surface area (Å²) in [6.07, 6.45) is 0.847. The van der Waals surface area contributed by atoms with Gasteiger partial charge in [0.15, 0.2) is 0 Å². The Labute approximate surface area is 146 Å². The highest BCUT2D eigenvalue weighted by Gasteiger charge is 2.16. The van der Waals surface area contributed by atoms with E-state index in [9.17, 15) is 4.79 Å². The van der Waals surface area contributed by atoms with Crippen LogP contribution in [-0.2, 0) is 11.3 Å². The molecule has 2 aromatic rings. The smallest absolute Gasteiger partial charge is 0.428 e. The number of amides is 1. The zero-order valence-corrected chi connectivity index (χ0v) is 15.0. The molecule has 0 atom stereocenters. The van der Waals surface area contributed by atoms with E-state index >= 15 is 0 Å². The van der Waals surface area contributed by atoms with Crippen LogP contribution in [0.1, 0.15) is 37.6 Å². The minimum atomic E-state index is -0.621. The van der Waals surface area contributed by atoms with Crippen LogP contribution in [0.3, 0.4) is 0 Å². The summed E-state index contributed by atoms with van der Waals surface area (Å²) in [6.45, 7) is 7.75. The fraction of sp³-hybridized carbons (Fsp3) is 0.353. The lowest BCUT2D eigenvalue weighted by Crippen LogP contribution is -2.29. The Morgan fingerprint density at radius 3 is 2.67 bits per heavy atom. The van der Waals surface area contributed by atoms with E-state index in [0.29, 0.717) is 17.3 Å². The summed E-state index contributed by atoms with van der Waals surface area (Å²) < 4.78 is 6.80. The summed E-state index contributed by atoms with van der Waals surface area (Å²) in [4.78, 5) is 11.6. The Balaban J connectivity index is 2.06. The Hall–Kier alpha value is -2.34. The average Bonchev–Trinajstić information content (AvgIpc) is 2.74. The van der Waals surface area contributed by atoms with Gasteiger partial charge in [-0.3, -0.25) is 0 Å². The number of aryl methyl sites for hydroxylation is 1. The number of nitrogens with one attached hydrogen (secondary N) is 1. The lowest BCUT2D eigenvalue weighted by Gasteiger charge is -2.18. The van der Waals surface area contributed by atoms with Crippen molar-refractivity contribution in [3.63, 3.8) is 0 Å². The molecule has 0 fully saturated rings. The molecule has 0 aliphatic carbocycles. The molecule has 6 nitrogen and oxygen atoms in total. The number of hydrazone groups is 1. The van der Waals surface area contributed by atoms with E-state index in [-0.39, 0.29) is 0 Å². The number of carbonyl (C=O) groups excluding carboxylic acids is 1. The van der Waals surface area contributed by atoms with Gasteiger partial charge in [0.2, 0.25) is 0 Å². The Bertz CT molecular complexity index is 733. The third-order valence-electron chi connectivity index (χ3n) is 3.03. The average molecular weight is 349 g/mol. The molecule has 0 bridgehead atoms. The van der Waals surface area contributed by atoms with Crippen LogP contribution >= 0.6 is 11.6 Å². The quantitative estimate of drug-likeness (QED) is 0.675. The van der Waals surface area contributed by atoms with Crippen molar-refractivity contribution in [2.75, 3.05) is 0 Å². The Morgan fingerprint density at radius 2 is 2.04 bits per heavy atom. The molecule has 0 saturated heterocycles. The molecular formula is C17H21ClN4O2. The van der Waals surface area contributed by atoms with Gasteiger partial charge in [-0.05, 0) is 33.3 Å². The van der Waals surface area contributed by atoms with Gasteiger partial charge >= 0.3 is 6.09 Å². The van der Waals surface area contributed by atoms with Crippen LogP contribution in [0.2, 0.25) is 5.15 Å². The lowest BCUT2D eigenvalue weighted by molar-refractivity contribution is 0.0529. The molecule has 0 radical (unpaired) electrons. The highest BCUT2D eigenvalue weighted by atomic mass is 35.5. The van der Waals surface area contributed by atoms with Gasteiger partial charge in [-0.2, -0.15) is 10.2 Å². The number of halogens is 1. The lowest BCUT2D eigenvalue weighted by atomic mass is 10.2. The Morgan fingerprint density at radius 1 is 1.38 bits per heavy atom. The number of nitrogens with zero attached hydrogens (tertiary/aromatic N) is 3. The first-order valence-corrected chi connectivity index (χ1v) is 7.93. The van der Waals surface area contributed by atoms with Crippen LogP contribution in [0.15, 0.2) is 35.4 Å². The molecule has 1 N–H and O–H groups in total. The van der Waals surface area contributed by atoms with Crippen LogP contribution in [0.5, 0.6) is 0 Å². The zero-order valence-electron chi connectivity index (χ0n) is 14.2. The SMILES string of the molecule is Cc1nn(Cc2ccccc2)c(Cl)c1/C=N\NC(=O)OC(C)(C)C. The van der Waals surface area contributed by atoms with E-state index in [1.807, 2.05) is 37.3 Å². The normalized spacial score (nSPS) is 11.7. The molecule has 128 valence electrons. The van der Waals surface area contributed by atoms with Crippen molar-refractivity contribution < 1.29 is 9.53 Å². The minimum Gasteiger partial charge on any atom is -0.443 e. The predicted molar refractivity (Wildman–Crippen MR) is 94.5 cm³/mol. The number of hydrogen-bond acceptors (Lipinski definition) is 4. The third kappa shape index (κ3) is 5.09. The number of carbonyl (C=O) groups is 1. The first kappa shape index (κ1) is 18.0. The van der Waals surface area contributed by atoms with Crippen molar-refractivity contribution in [3.8, 4) is 0 Å². The molecule has 0 aliphatic rings. The largest absolute Gasteiger partial charge is 0.443 e. The van der Waals surface area contributed by atoms with Crippen molar-refractivity contribution in [2.24, 2.45) is 5.10 Å². The summed E-state index contributed by atoms with van der Waals surface area (Å²) in [5.74, 6) is 0. The number of hydrogen-bond donors (Lipinski definition) is 1. The van der Waals surface area contributed by atoms with E-state index in [1.54, 1.807) is 25.5 Å². The molecule has 0 unspecified atom stereocenters. The van der Waals surface area contributed by atoms with Gasteiger partial charge in [0.05, 0.1) is 24.0 Å². The van der Waals surface area contributed by atoms with Crippen LogP contribution in [0.25, 0.3) is 0 Å². The van der Waals surface area contributed by atoms with Gasteiger partial charge in [-0.15, -0.1) is 0 Å². The molecule has 0 spiro atoms. The molecule has 1 amide bonds. The van der Waals surface area contributed by atoms with Gasteiger partial charge in [-0.1, -0.05) is 41.9 Å². The van der Waals surface area contributed by atoms with Crippen LogP contribution in [-0.4, -0.2) is 27.7 Å². The van der Waals surface area contributed by atoms with Crippen molar-refractivity contribution in [1.29, 1.82) is 0 Å². The maximum absolute atomic E-state index is 11.6. The second-order valence-corrected chi connectivity index (χ2v) is 6.66. The topological polar surface area (TPSA) is 68.5 Å². The van der Waals surface area contributed by atoms with Crippen molar-refractivity contribution in [1.82, 2.24) is 15.2 Å². The molecule has 1 aromatic carbocycles. The first-order valence-electron chi connectivity index (χ1n) is 7.55. The fourth-order valence-corrected chi connectivity index (χ4v) is 2.31. The third-order valence-corrected chi connectivity index (χ3v) is 3.43. The van der Waals surface area contributed by atoms with E-state index in [4.69, 9.17) is 16.3 Å². The van der Waals surface area contributed by atoms with Gasteiger partial charge in [0, 0.05) is 0 Å². The van der Waals surface area contributed by atoms with E-state index in [0.717, 1.165) is 11.3 Å². The highest BCUT2D eigenvalue weighted by Crippen LogP contribution is 2.19. The monoisotopic (exact) mass is 348 g/mol. The van der Waals surface area contributed by atoms with Crippen molar-refractivity contribution >= 4 is 23.9 Å². The molecular weight excluding hydrogens is 328 g/mol. The van der Waals surface area contributed by atoms with Crippen LogP contribution < -0.4 is 5.43 Å². The standard InChI is InChI=1S/C17H21ClN4O2/c1-12-14(10-19-20-16(23)24-17(2,3)4)15(18)22(21-12)11-13-8-6-5-7-9-13/h5-10H,11H2,1-4H3,(H,20,23)/b19-10-. The molecule has 1 heterocycles. The maximum Gasteiger partial charge on any atom is 0.428 e. The van der Waals surface area contributed by atoms with Crippen LogP contribution in [0, 0.1) is 6.92 Å². The first-order chi connectivity index (χ1) is 11.3.